The molecule has 0 N–H and O–H groups in total. The molecule has 1 aromatic carbocycles. The van der Waals surface area contributed by atoms with E-state index in [0.29, 0.717) is 6.54 Å². The molecule has 0 saturated heterocycles. The molecule has 0 spiro atoms. The molecule has 0 aliphatic heterocycles. The molecule has 0 unspecified atom stereocenters. The highest BCUT2D eigenvalue weighted by atomic mass is 15.3. The third kappa shape index (κ3) is 2.63. The zero-order chi connectivity index (χ0) is 12.8. The first-order chi connectivity index (χ1) is 8.83. The fraction of sp³-hybridized carbons (Fsp3) is 0.0714. The predicted molar refractivity (Wildman–Crippen MR) is 67.0 cm³/mol. The van der Waals surface area contributed by atoms with Crippen LogP contribution in [0.15, 0.2) is 48.3 Å². The van der Waals surface area contributed by atoms with Crippen LogP contribution < -0.4 is 0 Å². The maximum Gasteiger partial charge on any atom is 0.130 e. The molecule has 0 aliphatic carbocycles. The second-order valence-electron chi connectivity index (χ2n) is 3.68. The van der Waals surface area contributed by atoms with E-state index in [-0.39, 0.29) is 5.57 Å². The van der Waals surface area contributed by atoms with Gasteiger partial charge in [0, 0.05) is 12.4 Å². The summed E-state index contributed by atoms with van der Waals surface area (Å²) in [5.74, 6) is 0. The smallest absolute Gasteiger partial charge is 0.130 e. The first kappa shape index (κ1) is 11.6. The van der Waals surface area contributed by atoms with Gasteiger partial charge in [0.05, 0.1) is 6.54 Å². The molecule has 86 valence electrons. The van der Waals surface area contributed by atoms with Gasteiger partial charge in [0.15, 0.2) is 0 Å². The number of hydrogen-bond donors (Lipinski definition) is 0. The predicted octanol–water partition coefficient (Wildman–Crippen LogP) is 2.36. The van der Waals surface area contributed by atoms with Gasteiger partial charge in [-0.15, -0.1) is 0 Å². The van der Waals surface area contributed by atoms with Gasteiger partial charge in [0.2, 0.25) is 0 Å². The fourth-order valence-electron chi connectivity index (χ4n) is 1.63. The third-order valence-corrected chi connectivity index (χ3v) is 2.49. The van der Waals surface area contributed by atoms with Crippen molar-refractivity contribution in [3.8, 4) is 12.1 Å². The van der Waals surface area contributed by atoms with E-state index in [1.54, 1.807) is 17.0 Å². The average molecular weight is 234 g/mol. The molecule has 0 saturated carbocycles. The summed E-state index contributed by atoms with van der Waals surface area (Å²) in [5, 5.41) is 21.7. The minimum Gasteiger partial charge on any atom is -0.268 e. The van der Waals surface area contributed by atoms with Crippen LogP contribution in [0.3, 0.4) is 0 Å². The molecule has 2 rings (SSSR count). The molecule has 18 heavy (non-hydrogen) atoms. The number of aromatic nitrogens is 2. The highest BCUT2D eigenvalue weighted by molar-refractivity contribution is 5.64. The first-order valence-corrected chi connectivity index (χ1v) is 5.40. The van der Waals surface area contributed by atoms with E-state index in [2.05, 4.69) is 5.10 Å². The van der Waals surface area contributed by atoms with Crippen LogP contribution >= 0.6 is 0 Å². The zero-order valence-corrected chi connectivity index (χ0v) is 9.61. The van der Waals surface area contributed by atoms with E-state index < -0.39 is 0 Å². The molecule has 0 aliphatic rings. The lowest BCUT2D eigenvalue weighted by Crippen LogP contribution is -2.01. The van der Waals surface area contributed by atoms with Crippen LogP contribution in [0.1, 0.15) is 11.1 Å². The largest absolute Gasteiger partial charge is 0.268 e. The molecule has 4 heteroatoms. The van der Waals surface area contributed by atoms with Gasteiger partial charge >= 0.3 is 0 Å². The van der Waals surface area contributed by atoms with Gasteiger partial charge in [-0.2, -0.15) is 15.6 Å². The number of hydrogen-bond acceptors (Lipinski definition) is 3. The Morgan fingerprint density at radius 2 is 2.00 bits per heavy atom. The van der Waals surface area contributed by atoms with Crippen LogP contribution in [0.2, 0.25) is 0 Å². The number of benzene rings is 1. The van der Waals surface area contributed by atoms with Crippen LogP contribution in [0, 0.1) is 22.7 Å². The summed E-state index contributed by atoms with van der Waals surface area (Å²) in [6.45, 7) is 0.615. The number of nitrogens with zero attached hydrogens (tertiary/aromatic N) is 4. The Kier molecular flexibility index (Phi) is 3.53. The lowest BCUT2D eigenvalue weighted by molar-refractivity contribution is 0.686. The molecule has 1 aromatic heterocycles. The van der Waals surface area contributed by atoms with Crippen molar-refractivity contribution in [1.29, 1.82) is 10.5 Å². The Bertz CT molecular complexity index is 623. The summed E-state index contributed by atoms with van der Waals surface area (Å²) in [5.41, 5.74) is 1.98. The molecule has 0 atom stereocenters. The normalized spacial score (nSPS) is 9.22. The zero-order valence-electron chi connectivity index (χ0n) is 9.61. The molecule has 0 radical (unpaired) electrons. The summed E-state index contributed by atoms with van der Waals surface area (Å²) in [6, 6.07) is 13.2. The van der Waals surface area contributed by atoms with Crippen LogP contribution in [0.25, 0.3) is 6.08 Å². The maximum atomic E-state index is 8.78. The van der Waals surface area contributed by atoms with Crippen molar-refractivity contribution in [2.24, 2.45) is 0 Å². The van der Waals surface area contributed by atoms with Gasteiger partial charge in [0.25, 0.3) is 0 Å². The van der Waals surface area contributed by atoms with Gasteiger partial charge in [-0.3, -0.25) is 4.68 Å². The summed E-state index contributed by atoms with van der Waals surface area (Å²) in [7, 11) is 0. The van der Waals surface area contributed by atoms with Gasteiger partial charge < -0.3 is 0 Å². The lowest BCUT2D eigenvalue weighted by atomic mass is 10.1. The van der Waals surface area contributed by atoms with Crippen molar-refractivity contribution in [3.05, 3.63) is 59.4 Å². The Balaban J connectivity index is 2.35. The molecule has 0 bridgehead atoms. The Labute approximate surface area is 105 Å². The van der Waals surface area contributed by atoms with E-state index in [1.807, 2.05) is 48.7 Å². The standard InChI is InChI=1S/C14H10N4/c15-9-12(10-16)8-13-4-1-2-5-14(13)11-18-7-3-6-17-18/h1-8H,11H2. The Morgan fingerprint density at radius 3 is 2.67 bits per heavy atom. The van der Waals surface area contributed by atoms with Gasteiger partial charge in [0.1, 0.15) is 17.7 Å². The van der Waals surface area contributed by atoms with Gasteiger partial charge in [-0.05, 0) is 23.3 Å². The van der Waals surface area contributed by atoms with Crippen LogP contribution in [-0.4, -0.2) is 9.78 Å². The maximum absolute atomic E-state index is 8.78. The first-order valence-electron chi connectivity index (χ1n) is 5.40. The van der Waals surface area contributed by atoms with Gasteiger partial charge in [-0.25, -0.2) is 0 Å². The van der Waals surface area contributed by atoms with E-state index in [1.165, 1.54) is 0 Å². The molecular weight excluding hydrogens is 224 g/mol. The minimum absolute atomic E-state index is 0.0999. The van der Waals surface area contributed by atoms with Crippen LogP contribution in [0.5, 0.6) is 0 Å². The average Bonchev–Trinajstić information content (AvgIpc) is 2.90. The topological polar surface area (TPSA) is 65.4 Å². The van der Waals surface area contributed by atoms with Crippen molar-refractivity contribution in [3.63, 3.8) is 0 Å². The summed E-state index contributed by atoms with van der Waals surface area (Å²) in [4.78, 5) is 0. The number of allylic oxidation sites excluding steroid dienone is 1. The Hall–Kier alpha value is -2.85. The summed E-state index contributed by atoms with van der Waals surface area (Å²) in [6.07, 6.45) is 5.18. The molecular formula is C14H10N4. The highest BCUT2D eigenvalue weighted by Gasteiger charge is 2.02. The SMILES string of the molecule is N#CC(C#N)=Cc1ccccc1Cn1cccn1. The lowest BCUT2D eigenvalue weighted by Gasteiger charge is -2.06. The third-order valence-electron chi connectivity index (χ3n) is 2.49. The van der Waals surface area contributed by atoms with Crippen molar-refractivity contribution in [2.45, 2.75) is 6.54 Å². The Morgan fingerprint density at radius 1 is 1.22 bits per heavy atom. The quantitative estimate of drug-likeness (QED) is 0.766. The number of rotatable bonds is 3. The van der Waals surface area contributed by atoms with Crippen molar-refractivity contribution < 1.29 is 0 Å². The highest BCUT2D eigenvalue weighted by Crippen LogP contribution is 2.14. The summed E-state index contributed by atoms with van der Waals surface area (Å²) < 4.78 is 1.80. The van der Waals surface area contributed by atoms with Crippen molar-refractivity contribution >= 4 is 6.08 Å². The molecule has 0 amide bonds. The number of nitriles is 2. The van der Waals surface area contributed by atoms with Crippen molar-refractivity contribution in [1.82, 2.24) is 9.78 Å². The molecule has 2 aromatic rings. The summed E-state index contributed by atoms with van der Waals surface area (Å²) >= 11 is 0. The second-order valence-corrected chi connectivity index (χ2v) is 3.68. The van der Waals surface area contributed by atoms with Gasteiger partial charge in [-0.1, -0.05) is 24.3 Å². The molecule has 0 fully saturated rings. The van der Waals surface area contributed by atoms with E-state index in [4.69, 9.17) is 10.5 Å². The van der Waals surface area contributed by atoms with Crippen LogP contribution in [-0.2, 0) is 6.54 Å². The van der Waals surface area contributed by atoms with Crippen molar-refractivity contribution in [2.75, 3.05) is 0 Å². The molecule has 4 nitrogen and oxygen atoms in total. The monoisotopic (exact) mass is 234 g/mol. The van der Waals surface area contributed by atoms with Crippen LogP contribution in [0.4, 0.5) is 0 Å². The van der Waals surface area contributed by atoms with E-state index >= 15 is 0 Å². The van der Waals surface area contributed by atoms with E-state index in [9.17, 15) is 0 Å². The second kappa shape index (κ2) is 5.47. The van der Waals surface area contributed by atoms with E-state index in [0.717, 1.165) is 11.1 Å². The minimum atomic E-state index is 0.0999. The molecule has 1 heterocycles. The fourth-order valence-corrected chi connectivity index (χ4v) is 1.63.